The van der Waals surface area contributed by atoms with E-state index in [1.165, 1.54) is 0 Å². The molecule has 2 atom stereocenters. The van der Waals surface area contributed by atoms with Crippen molar-refractivity contribution in [3.8, 4) is 5.75 Å². The van der Waals surface area contributed by atoms with E-state index in [4.69, 9.17) is 16.3 Å². The Bertz CT molecular complexity index is 696. The molecule has 0 aromatic heterocycles. The minimum Gasteiger partial charge on any atom is -0.546 e. The van der Waals surface area contributed by atoms with Crippen LogP contribution in [0.5, 0.6) is 5.75 Å². The number of carboxylic acid groups (broad SMARTS) is 1. The number of aliphatic carboxylic acids is 1. The van der Waals surface area contributed by atoms with Crippen LogP contribution in [-0.2, 0) is 11.2 Å². The molecule has 0 aliphatic heterocycles. The zero-order valence-electron chi connectivity index (χ0n) is 14.9. The number of rotatable bonds is 9. The largest absolute Gasteiger partial charge is 1.00 e. The quantitative estimate of drug-likeness (QED) is 0.526. The Morgan fingerprint density at radius 2 is 1.96 bits per heavy atom. The first kappa shape index (κ1) is 23.0. The van der Waals surface area contributed by atoms with Crippen molar-refractivity contribution in [2.24, 2.45) is 0 Å². The van der Waals surface area contributed by atoms with Gasteiger partial charge in [-0.1, -0.05) is 35.9 Å². The van der Waals surface area contributed by atoms with Crippen LogP contribution in [0, 0.1) is 0 Å². The van der Waals surface area contributed by atoms with E-state index in [9.17, 15) is 15.0 Å². The fourth-order valence-corrected chi connectivity index (χ4v) is 2.63. The third-order valence-corrected chi connectivity index (χ3v) is 3.95. The van der Waals surface area contributed by atoms with Crippen molar-refractivity contribution < 1.29 is 49.3 Å². The number of aliphatic hydroxyl groups is 1. The first-order valence-electron chi connectivity index (χ1n) is 8.02. The van der Waals surface area contributed by atoms with Crippen molar-refractivity contribution in [1.82, 2.24) is 5.32 Å². The van der Waals surface area contributed by atoms with Gasteiger partial charge in [0.25, 0.3) is 0 Å². The number of ether oxygens (including phenoxy) is 1. The average Bonchev–Trinajstić information content (AvgIpc) is 2.59. The minimum atomic E-state index is -1.25. The van der Waals surface area contributed by atoms with E-state index in [1.807, 2.05) is 31.2 Å². The number of carboxylic acids is 1. The van der Waals surface area contributed by atoms with Gasteiger partial charge in [0.05, 0.1) is 12.1 Å². The molecule has 0 bridgehead atoms. The Labute approximate surface area is 180 Å². The van der Waals surface area contributed by atoms with Crippen molar-refractivity contribution in [1.29, 1.82) is 0 Å². The van der Waals surface area contributed by atoms with Crippen LogP contribution in [0.4, 0.5) is 0 Å². The summed E-state index contributed by atoms with van der Waals surface area (Å²) in [6, 6.07) is 14.6. The Kier molecular flexibility index (Phi) is 10.2. The second kappa shape index (κ2) is 11.6. The number of benzene rings is 2. The molecule has 0 unspecified atom stereocenters. The van der Waals surface area contributed by atoms with Gasteiger partial charge in [0.15, 0.2) is 0 Å². The number of aliphatic hydroxyl groups excluding tert-OH is 1. The average molecular weight is 386 g/mol. The van der Waals surface area contributed by atoms with Gasteiger partial charge in [-0.3, -0.25) is 0 Å². The van der Waals surface area contributed by atoms with Crippen molar-refractivity contribution >= 4 is 17.6 Å². The number of carbonyl (C=O) groups excluding carboxylic acids is 1. The molecule has 2 aromatic carbocycles. The van der Waals surface area contributed by atoms with Gasteiger partial charge in [-0.15, -0.1) is 0 Å². The molecule has 2 aromatic rings. The summed E-state index contributed by atoms with van der Waals surface area (Å²) in [5, 5.41) is 24.5. The van der Waals surface area contributed by atoms with E-state index in [0.717, 1.165) is 17.5 Å². The van der Waals surface area contributed by atoms with E-state index >= 15 is 0 Å². The number of hydrogen-bond acceptors (Lipinski definition) is 5. The van der Waals surface area contributed by atoms with E-state index in [-0.39, 0.29) is 35.6 Å². The molecule has 0 spiro atoms. The van der Waals surface area contributed by atoms with Gasteiger partial charge in [-0.05, 0) is 48.7 Å². The molecule has 2 N–H and O–H groups in total. The predicted octanol–water partition coefficient (Wildman–Crippen LogP) is -1.27. The number of halogens is 1. The zero-order valence-corrected chi connectivity index (χ0v) is 17.7. The van der Waals surface area contributed by atoms with Gasteiger partial charge in [0, 0.05) is 17.6 Å². The molecule has 0 saturated heterocycles. The van der Waals surface area contributed by atoms with Gasteiger partial charge in [-0.2, -0.15) is 0 Å². The first-order chi connectivity index (χ1) is 11.9. The van der Waals surface area contributed by atoms with Crippen LogP contribution in [0.3, 0.4) is 0 Å². The second-order valence-electron chi connectivity index (χ2n) is 5.89. The normalized spacial score (nSPS) is 12.7. The first-order valence-corrected chi connectivity index (χ1v) is 8.40. The van der Waals surface area contributed by atoms with Crippen molar-refractivity contribution in [3.05, 3.63) is 64.7 Å². The summed E-state index contributed by atoms with van der Waals surface area (Å²) in [5.74, 6) is -0.759. The van der Waals surface area contributed by atoms with E-state index in [0.29, 0.717) is 17.3 Å². The summed E-state index contributed by atoms with van der Waals surface area (Å²) in [5.41, 5.74) is 1.86. The maximum Gasteiger partial charge on any atom is 1.00 e. The molecule has 26 heavy (non-hydrogen) atoms. The number of hydrogen-bond donors (Lipinski definition) is 2. The van der Waals surface area contributed by atoms with Crippen LogP contribution in [0.1, 0.15) is 24.2 Å². The SMILES string of the molecule is C[C@@H](Cc1ccc(OCC(=O)[O-])cc1)NC[C@H](O)c1cccc(Cl)c1.[Na+]. The van der Waals surface area contributed by atoms with Gasteiger partial charge in [0.1, 0.15) is 12.4 Å². The van der Waals surface area contributed by atoms with Crippen molar-refractivity contribution in [2.75, 3.05) is 13.2 Å². The van der Waals surface area contributed by atoms with Crippen LogP contribution in [0.2, 0.25) is 5.02 Å². The summed E-state index contributed by atoms with van der Waals surface area (Å²) >= 11 is 5.93. The van der Waals surface area contributed by atoms with Crippen LogP contribution in [0.25, 0.3) is 0 Å². The maximum absolute atomic E-state index is 10.4. The Morgan fingerprint density at radius 3 is 2.58 bits per heavy atom. The fraction of sp³-hybridized carbons (Fsp3) is 0.316. The van der Waals surface area contributed by atoms with Crippen molar-refractivity contribution in [2.45, 2.75) is 25.5 Å². The number of nitrogens with one attached hydrogen (secondary N) is 1. The van der Waals surface area contributed by atoms with Gasteiger partial charge in [-0.25, -0.2) is 0 Å². The fourth-order valence-electron chi connectivity index (χ4n) is 2.43. The molecule has 7 heteroatoms. The van der Waals surface area contributed by atoms with Crippen molar-refractivity contribution in [3.63, 3.8) is 0 Å². The molecule has 0 saturated carbocycles. The topological polar surface area (TPSA) is 81.6 Å². The van der Waals surface area contributed by atoms with Crippen LogP contribution in [-0.4, -0.2) is 30.3 Å². The van der Waals surface area contributed by atoms with Crippen LogP contribution in [0.15, 0.2) is 48.5 Å². The molecule has 0 fully saturated rings. The Balaban J connectivity index is 0.00000338. The molecular formula is C19H21ClNNaO4. The molecule has 5 nitrogen and oxygen atoms in total. The van der Waals surface area contributed by atoms with Crippen LogP contribution < -0.4 is 44.7 Å². The molecular weight excluding hydrogens is 365 g/mol. The van der Waals surface area contributed by atoms with Gasteiger partial charge < -0.3 is 25.1 Å². The third kappa shape index (κ3) is 8.08. The summed E-state index contributed by atoms with van der Waals surface area (Å²) in [6.45, 7) is 2.00. The Hall–Kier alpha value is -1.08. The molecule has 0 radical (unpaired) electrons. The predicted molar refractivity (Wildman–Crippen MR) is 94.5 cm³/mol. The second-order valence-corrected chi connectivity index (χ2v) is 6.33. The van der Waals surface area contributed by atoms with E-state index < -0.39 is 18.7 Å². The summed E-state index contributed by atoms with van der Waals surface area (Å²) in [4.78, 5) is 10.4. The van der Waals surface area contributed by atoms with Gasteiger partial charge in [0.2, 0.25) is 0 Å². The Morgan fingerprint density at radius 1 is 1.27 bits per heavy atom. The van der Waals surface area contributed by atoms with E-state index in [1.54, 1.807) is 24.3 Å². The summed E-state index contributed by atoms with van der Waals surface area (Å²) in [6.07, 6.45) is 0.143. The smallest absolute Gasteiger partial charge is 0.546 e. The molecule has 0 heterocycles. The zero-order chi connectivity index (χ0) is 18.2. The maximum atomic E-state index is 10.4. The molecule has 2 rings (SSSR count). The monoisotopic (exact) mass is 385 g/mol. The standard InChI is InChI=1S/C19H22ClNO4.Na/c1-13(21-11-18(22)15-3-2-4-16(20)10-15)9-14-5-7-17(8-6-14)25-12-19(23)24;/h2-8,10,13,18,21-22H,9,11-12H2,1H3,(H,23,24);/q;+1/p-1/t13-,18-;/m0./s1. The summed E-state index contributed by atoms with van der Waals surface area (Å²) < 4.78 is 5.04. The van der Waals surface area contributed by atoms with E-state index in [2.05, 4.69) is 5.32 Å². The molecule has 0 aliphatic rings. The molecule has 0 amide bonds. The summed E-state index contributed by atoms with van der Waals surface area (Å²) in [7, 11) is 0. The van der Waals surface area contributed by atoms with Crippen LogP contribution >= 0.6 is 11.6 Å². The van der Waals surface area contributed by atoms with Gasteiger partial charge >= 0.3 is 29.6 Å². The molecule has 0 aliphatic carbocycles. The third-order valence-electron chi connectivity index (χ3n) is 3.72. The molecule has 134 valence electrons. The number of carbonyl (C=O) groups is 1. The minimum absolute atomic E-state index is 0.